The molecule has 2 saturated carbocycles. The van der Waals surface area contributed by atoms with Gasteiger partial charge in [-0.05, 0) is 43.6 Å². The molecule has 2 atom stereocenters. The number of hydrogen-bond acceptors (Lipinski definition) is 6. The van der Waals surface area contributed by atoms with Crippen molar-refractivity contribution in [2.45, 2.75) is 75.4 Å². The van der Waals surface area contributed by atoms with Crippen molar-refractivity contribution < 1.29 is 36.1 Å². The van der Waals surface area contributed by atoms with Crippen molar-refractivity contribution in [1.82, 2.24) is 24.8 Å². The van der Waals surface area contributed by atoms with Crippen LogP contribution in [0.2, 0.25) is 0 Å². The van der Waals surface area contributed by atoms with Gasteiger partial charge in [-0.2, -0.15) is 13.2 Å². The molecule has 2 fully saturated rings. The summed E-state index contributed by atoms with van der Waals surface area (Å²) in [4.78, 5) is 33.4. The van der Waals surface area contributed by atoms with Crippen molar-refractivity contribution >= 4 is 17.6 Å². The number of halogens is 5. The highest BCUT2D eigenvalue weighted by Crippen LogP contribution is 2.45. The summed E-state index contributed by atoms with van der Waals surface area (Å²) in [6.45, 7) is 0. The maximum absolute atomic E-state index is 13.9. The molecule has 0 aliphatic heterocycles. The van der Waals surface area contributed by atoms with Crippen LogP contribution in [0.5, 0.6) is 0 Å². The van der Waals surface area contributed by atoms with Gasteiger partial charge < -0.3 is 15.6 Å². The molecular formula is C25H27F5N6O3. The van der Waals surface area contributed by atoms with Crippen molar-refractivity contribution in [2.24, 2.45) is 17.6 Å². The summed E-state index contributed by atoms with van der Waals surface area (Å²) in [5.41, 5.74) is 6.65. The number of fused-ring (bicyclic) bond motifs is 1. The topological polar surface area (TPSA) is 128 Å². The smallest absolute Gasteiger partial charge is 0.365 e. The van der Waals surface area contributed by atoms with Gasteiger partial charge in [-0.25, -0.2) is 18.7 Å². The lowest BCUT2D eigenvalue weighted by molar-refractivity contribution is -0.144. The lowest BCUT2D eigenvalue weighted by Gasteiger charge is -2.32. The molecule has 0 spiro atoms. The van der Waals surface area contributed by atoms with Crippen LogP contribution in [0.15, 0.2) is 29.2 Å². The van der Waals surface area contributed by atoms with Gasteiger partial charge in [-0.1, -0.05) is 5.16 Å². The van der Waals surface area contributed by atoms with Gasteiger partial charge in [0.05, 0.1) is 29.8 Å². The Hall–Kier alpha value is -3.58. The van der Waals surface area contributed by atoms with E-state index in [-0.39, 0.29) is 54.6 Å². The van der Waals surface area contributed by atoms with Crippen LogP contribution in [0, 0.1) is 11.8 Å². The lowest BCUT2D eigenvalue weighted by atomic mass is 9.75. The maximum atomic E-state index is 13.9. The second-order valence-corrected chi connectivity index (χ2v) is 10.4. The normalized spacial score (nSPS) is 19.6. The van der Waals surface area contributed by atoms with Crippen LogP contribution in [0.3, 0.4) is 0 Å². The number of nitrogens with one attached hydrogen (secondary N) is 1. The second-order valence-electron chi connectivity index (χ2n) is 10.4. The fourth-order valence-electron chi connectivity index (χ4n) is 5.25. The highest BCUT2D eigenvalue weighted by Gasteiger charge is 2.41. The van der Waals surface area contributed by atoms with E-state index in [0.29, 0.717) is 11.4 Å². The van der Waals surface area contributed by atoms with Crippen LogP contribution in [0.4, 0.5) is 22.0 Å². The molecule has 5 rings (SSSR count). The Morgan fingerprint density at radius 3 is 2.46 bits per heavy atom. The van der Waals surface area contributed by atoms with Crippen molar-refractivity contribution in [3.8, 4) is 0 Å². The second kappa shape index (κ2) is 10.2. The molecule has 0 saturated heterocycles. The summed E-state index contributed by atoms with van der Waals surface area (Å²) < 4.78 is 72.1. The van der Waals surface area contributed by atoms with Gasteiger partial charge >= 0.3 is 6.18 Å². The van der Waals surface area contributed by atoms with Crippen molar-refractivity contribution in [1.29, 1.82) is 0 Å². The molecule has 9 nitrogen and oxygen atoms in total. The fraction of sp³-hybridized carbons (Fsp3) is 0.560. The molecule has 2 amide bonds. The summed E-state index contributed by atoms with van der Waals surface area (Å²) in [6.07, 6.45) is -0.566. The van der Waals surface area contributed by atoms with Crippen LogP contribution >= 0.6 is 0 Å². The summed E-state index contributed by atoms with van der Waals surface area (Å²) >= 11 is 0. The van der Waals surface area contributed by atoms with Gasteiger partial charge in [0, 0.05) is 31.7 Å². The Morgan fingerprint density at radius 2 is 1.82 bits per heavy atom. The number of nitrogens with zero attached hydrogens (tertiary/aromatic N) is 4. The Labute approximate surface area is 219 Å². The van der Waals surface area contributed by atoms with Crippen LogP contribution < -0.4 is 11.1 Å². The van der Waals surface area contributed by atoms with Crippen LogP contribution in [0.1, 0.15) is 90.8 Å². The molecule has 0 bridgehead atoms. The van der Waals surface area contributed by atoms with Gasteiger partial charge in [0.25, 0.3) is 5.91 Å². The largest absolute Gasteiger partial charge is 0.389 e. The number of nitrogens with two attached hydrogens (primary N) is 1. The first kappa shape index (κ1) is 27.0. The predicted octanol–water partition coefficient (Wildman–Crippen LogP) is 4.68. The average molecular weight is 555 g/mol. The van der Waals surface area contributed by atoms with Crippen molar-refractivity contribution in [3.63, 3.8) is 0 Å². The highest BCUT2D eigenvalue weighted by molar-refractivity contribution is 5.93. The fourth-order valence-corrected chi connectivity index (χ4v) is 5.25. The van der Waals surface area contributed by atoms with E-state index in [1.807, 2.05) is 0 Å². The number of amides is 2. The average Bonchev–Trinajstić information content (AvgIpc) is 3.43. The number of carbonyl (C=O) groups excluding carboxylic acids is 2. The third-order valence-corrected chi connectivity index (χ3v) is 7.44. The summed E-state index contributed by atoms with van der Waals surface area (Å²) in [7, 11) is 0. The Balaban J connectivity index is 1.44. The molecule has 2 aliphatic rings. The lowest BCUT2D eigenvalue weighted by Crippen LogP contribution is -2.31. The number of rotatable bonds is 9. The number of hydrogen-bond donors (Lipinski definition) is 2. The first-order chi connectivity index (χ1) is 18.4. The minimum Gasteiger partial charge on any atom is -0.365 e. The number of carbonyl (C=O) groups is 2. The monoisotopic (exact) mass is 554 g/mol. The van der Waals surface area contributed by atoms with Gasteiger partial charge in [-0.3, -0.25) is 14.0 Å². The third kappa shape index (κ3) is 6.19. The maximum Gasteiger partial charge on any atom is 0.389 e. The summed E-state index contributed by atoms with van der Waals surface area (Å²) in [5, 5.41) is 6.66. The van der Waals surface area contributed by atoms with E-state index >= 15 is 0 Å². The number of aromatic nitrogens is 4. The molecule has 3 aromatic rings. The quantitative estimate of drug-likeness (QED) is 0.370. The van der Waals surface area contributed by atoms with E-state index in [1.54, 1.807) is 22.9 Å². The molecule has 0 radical (unpaired) electrons. The van der Waals surface area contributed by atoms with E-state index in [0.717, 1.165) is 19.1 Å². The SMILES string of the molecule is NC(=O)c1conc1[C@H](c1cn2ccc([C@H](NC(=O)CCC(F)(F)F)C3CC3)nc2n1)C1CCC(F)(F)CC1. The minimum absolute atomic E-state index is 0.0402. The van der Waals surface area contributed by atoms with Crippen LogP contribution in [-0.2, 0) is 4.79 Å². The Morgan fingerprint density at radius 1 is 1.13 bits per heavy atom. The van der Waals surface area contributed by atoms with Gasteiger partial charge in [0.15, 0.2) is 0 Å². The minimum atomic E-state index is -4.43. The van der Waals surface area contributed by atoms with Gasteiger partial charge in [0.1, 0.15) is 17.5 Å². The molecule has 0 aromatic carbocycles. The van der Waals surface area contributed by atoms with Crippen molar-refractivity contribution in [2.75, 3.05) is 0 Å². The Bertz CT molecular complexity index is 1360. The zero-order valence-electron chi connectivity index (χ0n) is 20.8. The van der Waals surface area contributed by atoms with Gasteiger partial charge in [-0.15, -0.1) is 0 Å². The molecular weight excluding hydrogens is 527 g/mol. The number of primary amides is 1. The van der Waals surface area contributed by atoms with Crippen LogP contribution in [-0.4, -0.2) is 43.4 Å². The molecule has 0 unspecified atom stereocenters. The first-order valence-corrected chi connectivity index (χ1v) is 12.7. The molecule has 210 valence electrons. The molecule has 3 N–H and O–H groups in total. The summed E-state index contributed by atoms with van der Waals surface area (Å²) in [6, 6.07) is 1.09. The van der Waals surface area contributed by atoms with Crippen LogP contribution in [0.25, 0.3) is 5.78 Å². The molecule has 14 heteroatoms. The molecule has 2 aliphatic carbocycles. The molecule has 39 heavy (non-hydrogen) atoms. The predicted molar refractivity (Wildman–Crippen MR) is 126 cm³/mol. The summed E-state index contributed by atoms with van der Waals surface area (Å²) in [5.74, 6) is -4.93. The zero-order chi connectivity index (χ0) is 27.9. The van der Waals surface area contributed by atoms with E-state index in [2.05, 4.69) is 20.4 Å². The zero-order valence-corrected chi connectivity index (χ0v) is 20.8. The number of alkyl halides is 5. The standard InChI is InChI=1S/C25H27F5N6O3/c26-24(27)7-3-13(4-8-24)19(21-15(22(31)38)12-39-35-21)17-11-36-10-6-16(32-23(36)33-17)20(14-1-2-14)34-18(37)5-9-25(28,29)30/h6,10-14,19-20H,1-5,7-9H2,(H2,31,38)(H,34,37)/t19-,20+/m0/s1. The number of imidazole rings is 1. The van der Waals surface area contributed by atoms with E-state index in [4.69, 9.17) is 10.3 Å². The first-order valence-electron chi connectivity index (χ1n) is 12.7. The third-order valence-electron chi connectivity index (χ3n) is 7.44. The van der Waals surface area contributed by atoms with E-state index < -0.39 is 48.7 Å². The van der Waals surface area contributed by atoms with E-state index in [1.165, 1.54) is 0 Å². The van der Waals surface area contributed by atoms with E-state index in [9.17, 15) is 31.5 Å². The van der Waals surface area contributed by atoms with Crippen molar-refractivity contribution in [3.05, 3.63) is 47.4 Å². The Kier molecular flexibility index (Phi) is 7.06. The molecule has 3 heterocycles. The molecule has 3 aromatic heterocycles. The van der Waals surface area contributed by atoms with Gasteiger partial charge in [0.2, 0.25) is 17.6 Å². The highest BCUT2D eigenvalue weighted by atomic mass is 19.4.